The van der Waals surface area contributed by atoms with E-state index in [1.165, 1.54) is 12.1 Å². The summed E-state index contributed by atoms with van der Waals surface area (Å²) >= 11 is 8.34. The number of carbonyl (C=O) groups is 1. The molecule has 0 fully saturated rings. The average molecular weight is 393 g/mol. The van der Waals surface area contributed by atoms with Gasteiger partial charge in [-0.25, -0.2) is 9.37 Å². The number of aromatic nitrogens is 1. The molecular formula is C15H10BrFN4OS. The Hall–Kier alpha value is -2.37. The first-order valence-electron chi connectivity index (χ1n) is 6.36. The molecule has 0 aliphatic carbocycles. The highest BCUT2D eigenvalue weighted by Gasteiger charge is 2.14. The van der Waals surface area contributed by atoms with Crippen molar-refractivity contribution >= 4 is 45.0 Å². The minimum absolute atomic E-state index is 0.00650. The van der Waals surface area contributed by atoms with Gasteiger partial charge >= 0.3 is 0 Å². The second kappa shape index (κ2) is 7.26. The summed E-state index contributed by atoms with van der Waals surface area (Å²) in [4.78, 5) is 16.2. The molecule has 1 heterocycles. The van der Waals surface area contributed by atoms with Gasteiger partial charge < -0.3 is 5.32 Å². The molecule has 0 radical (unpaired) electrons. The van der Waals surface area contributed by atoms with Crippen molar-refractivity contribution in [3.05, 3.63) is 57.4 Å². The number of nitrogens with one attached hydrogen (secondary N) is 2. The van der Waals surface area contributed by atoms with Gasteiger partial charge in [-0.1, -0.05) is 0 Å². The molecule has 116 valence electrons. The third kappa shape index (κ3) is 4.31. The van der Waals surface area contributed by atoms with Crippen LogP contribution in [0, 0.1) is 24.1 Å². The van der Waals surface area contributed by atoms with E-state index >= 15 is 0 Å². The van der Waals surface area contributed by atoms with Gasteiger partial charge in [0.15, 0.2) is 5.11 Å². The van der Waals surface area contributed by atoms with Gasteiger partial charge in [-0.2, -0.15) is 5.26 Å². The van der Waals surface area contributed by atoms with Crippen LogP contribution in [0.2, 0.25) is 0 Å². The van der Waals surface area contributed by atoms with Crippen LogP contribution in [-0.2, 0) is 0 Å². The largest absolute Gasteiger partial charge is 0.317 e. The summed E-state index contributed by atoms with van der Waals surface area (Å²) in [6.07, 6.45) is 0. The molecule has 0 spiro atoms. The van der Waals surface area contributed by atoms with Gasteiger partial charge in [0.05, 0.1) is 22.9 Å². The predicted octanol–water partition coefficient (Wildman–Crippen LogP) is 3.29. The van der Waals surface area contributed by atoms with Crippen LogP contribution < -0.4 is 10.6 Å². The number of pyridine rings is 1. The summed E-state index contributed by atoms with van der Waals surface area (Å²) in [5, 5.41) is 13.8. The Morgan fingerprint density at radius 2 is 2.13 bits per heavy atom. The number of anilines is 1. The first-order chi connectivity index (χ1) is 10.9. The van der Waals surface area contributed by atoms with Crippen LogP contribution in [0.15, 0.2) is 34.8 Å². The summed E-state index contributed by atoms with van der Waals surface area (Å²) in [5.74, 6) is -1.04. The number of halogens is 2. The minimum Gasteiger partial charge on any atom is -0.317 e. The quantitative estimate of drug-likeness (QED) is 0.766. The number of amides is 1. The molecule has 8 heteroatoms. The van der Waals surface area contributed by atoms with Crippen molar-refractivity contribution in [2.24, 2.45) is 0 Å². The smallest absolute Gasteiger partial charge is 0.260 e. The number of hydrogen-bond donors (Lipinski definition) is 2. The van der Waals surface area contributed by atoms with Gasteiger partial charge in [0.1, 0.15) is 11.6 Å². The first kappa shape index (κ1) is 17.0. The zero-order valence-corrected chi connectivity index (χ0v) is 14.3. The molecule has 1 aromatic carbocycles. The molecule has 1 aromatic heterocycles. The van der Waals surface area contributed by atoms with Gasteiger partial charge in [0, 0.05) is 4.47 Å². The lowest BCUT2D eigenvalue weighted by atomic mass is 10.1. The van der Waals surface area contributed by atoms with Crippen LogP contribution in [0.4, 0.5) is 10.2 Å². The molecular weight excluding hydrogens is 383 g/mol. The van der Waals surface area contributed by atoms with E-state index in [0.717, 1.165) is 16.2 Å². The summed E-state index contributed by atoms with van der Waals surface area (Å²) in [7, 11) is 0. The molecule has 23 heavy (non-hydrogen) atoms. The fraction of sp³-hybridized carbons (Fsp3) is 0.0667. The van der Waals surface area contributed by atoms with Crippen molar-refractivity contribution < 1.29 is 9.18 Å². The van der Waals surface area contributed by atoms with E-state index in [1.54, 1.807) is 18.2 Å². The Labute approximate surface area is 145 Å². The number of aryl methyl sites for hydroxylation is 1. The van der Waals surface area contributed by atoms with E-state index < -0.39 is 11.7 Å². The van der Waals surface area contributed by atoms with Crippen molar-refractivity contribution in [2.45, 2.75) is 6.92 Å². The number of carbonyl (C=O) groups excluding carboxylic acids is 1. The Balaban J connectivity index is 2.06. The van der Waals surface area contributed by atoms with Crippen LogP contribution in [0.5, 0.6) is 0 Å². The molecule has 1 amide bonds. The number of thiocarbonyl (C=S) groups is 1. The SMILES string of the molecule is Cc1nc(NC(=S)NC(=O)c2ccc(C#N)cc2F)ccc1Br. The molecule has 5 nitrogen and oxygen atoms in total. The lowest BCUT2D eigenvalue weighted by Crippen LogP contribution is -2.34. The standard InChI is InChI=1S/C15H10BrFN4OS/c1-8-11(16)4-5-13(19-8)20-15(23)21-14(22)10-3-2-9(7-18)6-12(10)17/h2-6H,1H3,(H2,19,20,21,22,23). The normalized spacial score (nSPS) is 9.83. The van der Waals surface area contributed by atoms with Crippen molar-refractivity contribution in [3.63, 3.8) is 0 Å². The van der Waals surface area contributed by atoms with Crippen LogP contribution in [0.1, 0.15) is 21.6 Å². The molecule has 0 aliphatic rings. The van der Waals surface area contributed by atoms with Crippen LogP contribution in [0.25, 0.3) is 0 Å². The van der Waals surface area contributed by atoms with Gasteiger partial charge in [-0.15, -0.1) is 0 Å². The van der Waals surface area contributed by atoms with Gasteiger partial charge in [-0.3, -0.25) is 10.1 Å². The van der Waals surface area contributed by atoms with E-state index in [9.17, 15) is 9.18 Å². The van der Waals surface area contributed by atoms with Crippen molar-refractivity contribution in [1.82, 2.24) is 10.3 Å². The number of benzene rings is 1. The third-order valence-electron chi connectivity index (χ3n) is 2.83. The average Bonchev–Trinajstić information content (AvgIpc) is 2.50. The minimum atomic E-state index is -0.790. The van der Waals surface area contributed by atoms with Crippen molar-refractivity contribution in [2.75, 3.05) is 5.32 Å². The third-order valence-corrected chi connectivity index (χ3v) is 3.88. The number of rotatable bonds is 2. The van der Waals surface area contributed by atoms with Crippen LogP contribution in [-0.4, -0.2) is 16.0 Å². The van der Waals surface area contributed by atoms with E-state index in [-0.39, 0.29) is 16.2 Å². The van der Waals surface area contributed by atoms with E-state index in [2.05, 4.69) is 31.5 Å². The predicted molar refractivity (Wildman–Crippen MR) is 91.5 cm³/mol. The molecule has 0 saturated heterocycles. The zero-order chi connectivity index (χ0) is 17.0. The Morgan fingerprint density at radius 1 is 1.39 bits per heavy atom. The molecule has 2 N–H and O–H groups in total. The van der Waals surface area contributed by atoms with E-state index in [0.29, 0.717) is 5.82 Å². The van der Waals surface area contributed by atoms with Gasteiger partial charge in [0.2, 0.25) is 0 Å². The highest BCUT2D eigenvalue weighted by atomic mass is 79.9. The van der Waals surface area contributed by atoms with E-state index in [4.69, 9.17) is 17.5 Å². The highest BCUT2D eigenvalue weighted by Crippen LogP contribution is 2.16. The van der Waals surface area contributed by atoms with Crippen molar-refractivity contribution in [3.8, 4) is 6.07 Å². The maximum atomic E-state index is 13.8. The topological polar surface area (TPSA) is 77.8 Å². The highest BCUT2D eigenvalue weighted by molar-refractivity contribution is 9.10. The maximum absolute atomic E-state index is 13.8. The molecule has 0 aliphatic heterocycles. The second-order valence-electron chi connectivity index (χ2n) is 4.48. The fourth-order valence-electron chi connectivity index (χ4n) is 1.70. The van der Waals surface area contributed by atoms with Gasteiger partial charge in [0.25, 0.3) is 5.91 Å². The fourth-order valence-corrected chi connectivity index (χ4v) is 2.12. The molecule has 2 rings (SSSR count). The summed E-state index contributed by atoms with van der Waals surface area (Å²) in [6.45, 7) is 1.81. The van der Waals surface area contributed by atoms with Crippen molar-refractivity contribution in [1.29, 1.82) is 5.26 Å². The molecule has 0 unspecified atom stereocenters. The maximum Gasteiger partial charge on any atom is 0.260 e. The van der Waals surface area contributed by atoms with Gasteiger partial charge in [-0.05, 0) is 65.4 Å². The Bertz CT molecular complexity index is 835. The molecule has 0 saturated carbocycles. The lowest BCUT2D eigenvalue weighted by molar-refractivity contribution is 0.0974. The molecule has 0 atom stereocenters. The van der Waals surface area contributed by atoms with Crippen LogP contribution >= 0.6 is 28.1 Å². The van der Waals surface area contributed by atoms with E-state index in [1.807, 2.05) is 6.92 Å². The van der Waals surface area contributed by atoms with Crippen LogP contribution in [0.3, 0.4) is 0 Å². The summed E-state index contributed by atoms with van der Waals surface area (Å²) in [5.41, 5.74) is 0.685. The number of hydrogen-bond acceptors (Lipinski definition) is 4. The Morgan fingerprint density at radius 3 is 2.74 bits per heavy atom. The number of nitriles is 1. The second-order valence-corrected chi connectivity index (χ2v) is 5.74. The molecule has 2 aromatic rings. The first-order valence-corrected chi connectivity index (χ1v) is 7.56. The summed E-state index contributed by atoms with van der Waals surface area (Å²) < 4.78 is 14.6. The summed E-state index contributed by atoms with van der Waals surface area (Å²) in [6, 6.07) is 8.84. The number of nitrogens with zero attached hydrogens (tertiary/aromatic N) is 2. The zero-order valence-electron chi connectivity index (χ0n) is 11.9. The Kier molecular flexibility index (Phi) is 5.36. The lowest BCUT2D eigenvalue weighted by Gasteiger charge is -2.10. The molecule has 0 bridgehead atoms. The monoisotopic (exact) mass is 392 g/mol.